The molecule has 0 saturated heterocycles. The predicted molar refractivity (Wildman–Crippen MR) is 80.7 cm³/mol. The van der Waals surface area contributed by atoms with Crippen molar-refractivity contribution < 1.29 is 14.6 Å². The highest BCUT2D eigenvalue weighted by molar-refractivity contribution is 5.88. The number of hydrogen-bond acceptors (Lipinski definition) is 4. The zero-order valence-corrected chi connectivity index (χ0v) is 11.7. The Bertz CT molecular complexity index is 892. The molecule has 0 aliphatic rings. The van der Waals surface area contributed by atoms with Crippen LogP contribution in [0, 0.1) is 13.8 Å². The van der Waals surface area contributed by atoms with E-state index < -0.39 is 5.95 Å². The molecular formula is C17H14O4. The normalized spacial score (nSPS) is 11.0. The van der Waals surface area contributed by atoms with Crippen LogP contribution in [0.15, 0.2) is 45.6 Å². The molecule has 1 aromatic heterocycles. The third kappa shape index (κ3) is 1.96. The summed E-state index contributed by atoms with van der Waals surface area (Å²) in [7, 11) is 0. The molecule has 0 fully saturated rings. The van der Waals surface area contributed by atoms with Crippen LogP contribution in [0.1, 0.15) is 11.1 Å². The Hall–Kier alpha value is -2.75. The Morgan fingerprint density at radius 2 is 1.67 bits per heavy atom. The number of rotatable bonds is 1. The quantitative estimate of drug-likeness (QED) is 0.716. The number of aryl methyl sites for hydroxylation is 1. The van der Waals surface area contributed by atoms with Gasteiger partial charge in [0.05, 0.1) is 5.39 Å². The van der Waals surface area contributed by atoms with Crippen molar-refractivity contribution in [1.29, 1.82) is 0 Å². The van der Waals surface area contributed by atoms with Gasteiger partial charge in [-0.1, -0.05) is 30.3 Å². The Morgan fingerprint density at radius 3 is 2.33 bits per heavy atom. The predicted octanol–water partition coefficient (Wildman–Crippen LogP) is 3.49. The van der Waals surface area contributed by atoms with Crippen LogP contribution in [0.25, 0.3) is 22.1 Å². The van der Waals surface area contributed by atoms with Gasteiger partial charge in [0.1, 0.15) is 16.9 Å². The monoisotopic (exact) mass is 282 g/mol. The van der Waals surface area contributed by atoms with Crippen molar-refractivity contribution in [3.8, 4) is 22.8 Å². The minimum atomic E-state index is -0.443. The zero-order chi connectivity index (χ0) is 15.1. The second-order valence-electron chi connectivity index (χ2n) is 5.00. The van der Waals surface area contributed by atoms with Crippen LogP contribution >= 0.6 is 0 Å². The molecule has 4 heteroatoms. The summed E-state index contributed by atoms with van der Waals surface area (Å²) in [5.41, 5.74) is 1.88. The summed E-state index contributed by atoms with van der Waals surface area (Å²) in [6, 6.07) is 10.2. The van der Waals surface area contributed by atoms with Gasteiger partial charge in [0, 0.05) is 6.07 Å². The third-order valence-electron chi connectivity index (χ3n) is 3.77. The van der Waals surface area contributed by atoms with Crippen LogP contribution in [0.3, 0.4) is 0 Å². The standard InChI is InChI=1S/C17H14O4/c1-9-10(2)14-13(8-12(9)18)21-17(20)15(16(14)19)11-6-4-3-5-7-11/h3-8,18,20H,1-2H3. The molecule has 0 aliphatic heterocycles. The van der Waals surface area contributed by atoms with Gasteiger partial charge in [0.2, 0.25) is 5.43 Å². The Morgan fingerprint density at radius 1 is 1.00 bits per heavy atom. The summed E-state index contributed by atoms with van der Waals surface area (Å²) in [6.07, 6.45) is 0. The van der Waals surface area contributed by atoms with Gasteiger partial charge in [-0.05, 0) is 30.5 Å². The van der Waals surface area contributed by atoms with E-state index in [4.69, 9.17) is 4.42 Å². The molecule has 4 nitrogen and oxygen atoms in total. The molecule has 21 heavy (non-hydrogen) atoms. The maximum Gasteiger partial charge on any atom is 0.294 e. The molecule has 0 unspecified atom stereocenters. The molecule has 2 N–H and O–H groups in total. The van der Waals surface area contributed by atoms with E-state index in [2.05, 4.69) is 0 Å². The molecule has 0 bridgehead atoms. The number of phenols is 1. The third-order valence-corrected chi connectivity index (χ3v) is 3.77. The smallest absolute Gasteiger partial charge is 0.294 e. The largest absolute Gasteiger partial charge is 0.508 e. The summed E-state index contributed by atoms with van der Waals surface area (Å²) in [5, 5.41) is 20.2. The highest BCUT2D eigenvalue weighted by Gasteiger charge is 2.19. The van der Waals surface area contributed by atoms with Crippen molar-refractivity contribution in [2.24, 2.45) is 0 Å². The maximum atomic E-state index is 12.7. The van der Waals surface area contributed by atoms with Crippen LogP contribution in [-0.4, -0.2) is 10.2 Å². The fraction of sp³-hybridized carbons (Fsp3) is 0.118. The number of hydrogen-bond donors (Lipinski definition) is 2. The van der Waals surface area contributed by atoms with Crippen molar-refractivity contribution in [3.05, 3.63) is 57.7 Å². The van der Waals surface area contributed by atoms with Gasteiger partial charge in [-0.25, -0.2) is 0 Å². The van der Waals surface area contributed by atoms with E-state index >= 15 is 0 Å². The van der Waals surface area contributed by atoms with Crippen LogP contribution < -0.4 is 5.43 Å². The minimum Gasteiger partial charge on any atom is -0.508 e. The molecule has 106 valence electrons. The number of benzene rings is 2. The van der Waals surface area contributed by atoms with Crippen molar-refractivity contribution in [1.82, 2.24) is 0 Å². The minimum absolute atomic E-state index is 0.0370. The Labute approximate surface area is 120 Å². The van der Waals surface area contributed by atoms with E-state index in [0.29, 0.717) is 22.1 Å². The molecule has 1 heterocycles. The maximum absolute atomic E-state index is 12.7. The molecule has 3 rings (SSSR count). The average Bonchev–Trinajstić information content (AvgIpc) is 2.45. The van der Waals surface area contributed by atoms with Crippen molar-refractivity contribution >= 4 is 11.0 Å². The molecule has 0 atom stereocenters. The molecule has 3 aromatic rings. The summed E-state index contributed by atoms with van der Waals surface area (Å²) >= 11 is 0. The van der Waals surface area contributed by atoms with E-state index in [-0.39, 0.29) is 22.3 Å². The first-order chi connectivity index (χ1) is 10.0. The first kappa shape index (κ1) is 13.2. The van der Waals surface area contributed by atoms with Crippen molar-refractivity contribution in [2.75, 3.05) is 0 Å². The summed E-state index contributed by atoms with van der Waals surface area (Å²) in [5.74, 6) is -0.406. The van der Waals surface area contributed by atoms with Gasteiger partial charge in [0.15, 0.2) is 0 Å². The highest BCUT2D eigenvalue weighted by Crippen LogP contribution is 2.33. The fourth-order valence-electron chi connectivity index (χ4n) is 2.47. The molecule has 0 spiro atoms. The van der Waals surface area contributed by atoms with Crippen LogP contribution in [0.4, 0.5) is 0 Å². The van der Waals surface area contributed by atoms with Gasteiger partial charge in [-0.3, -0.25) is 4.79 Å². The number of aromatic hydroxyl groups is 2. The van der Waals surface area contributed by atoms with Gasteiger partial charge in [0.25, 0.3) is 5.95 Å². The number of phenolic OH excluding ortho intramolecular Hbond substituents is 1. The summed E-state index contributed by atoms with van der Waals surface area (Å²) in [6.45, 7) is 3.48. The van der Waals surface area contributed by atoms with Crippen molar-refractivity contribution in [3.63, 3.8) is 0 Å². The molecular weight excluding hydrogens is 268 g/mol. The molecule has 0 amide bonds. The topological polar surface area (TPSA) is 70.7 Å². The Balaban J connectivity index is 2.47. The SMILES string of the molecule is Cc1c(O)cc2oc(O)c(-c3ccccc3)c(=O)c2c1C. The van der Waals surface area contributed by atoms with Gasteiger partial charge < -0.3 is 14.6 Å². The lowest BCUT2D eigenvalue weighted by atomic mass is 9.99. The molecule has 2 aromatic carbocycles. The zero-order valence-electron chi connectivity index (χ0n) is 11.7. The van der Waals surface area contributed by atoms with E-state index in [1.165, 1.54) is 6.07 Å². The van der Waals surface area contributed by atoms with Gasteiger partial charge in [-0.15, -0.1) is 0 Å². The molecule has 0 radical (unpaired) electrons. The molecule has 0 aliphatic carbocycles. The van der Waals surface area contributed by atoms with E-state index in [0.717, 1.165) is 0 Å². The van der Waals surface area contributed by atoms with Crippen LogP contribution in [-0.2, 0) is 0 Å². The van der Waals surface area contributed by atoms with Crippen LogP contribution in [0.2, 0.25) is 0 Å². The Kier molecular flexibility index (Phi) is 2.94. The second-order valence-corrected chi connectivity index (χ2v) is 5.00. The van der Waals surface area contributed by atoms with E-state index in [9.17, 15) is 15.0 Å². The molecule has 0 saturated carbocycles. The van der Waals surface area contributed by atoms with E-state index in [1.807, 2.05) is 6.07 Å². The van der Waals surface area contributed by atoms with E-state index in [1.54, 1.807) is 38.1 Å². The van der Waals surface area contributed by atoms with Crippen molar-refractivity contribution in [2.45, 2.75) is 13.8 Å². The van der Waals surface area contributed by atoms with Crippen LogP contribution in [0.5, 0.6) is 11.7 Å². The second kappa shape index (κ2) is 4.66. The average molecular weight is 282 g/mol. The lowest BCUT2D eigenvalue weighted by molar-refractivity contribution is 0.341. The lowest BCUT2D eigenvalue weighted by Gasteiger charge is -2.10. The lowest BCUT2D eigenvalue weighted by Crippen LogP contribution is -2.07. The highest BCUT2D eigenvalue weighted by atomic mass is 16.5. The summed E-state index contributed by atoms with van der Waals surface area (Å²) in [4.78, 5) is 12.7. The first-order valence-corrected chi connectivity index (χ1v) is 6.55. The first-order valence-electron chi connectivity index (χ1n) is 6.55. The van der Waals surface area contributed by atoms with Gasteiger partial charge >= 0.3 is 0 Å². The fourth-order valence-corrected chi connectivity index (χ4v) is 2.47. The van der Waals surface area contributed by atoms with Gasteiger partial charge in [-0.2, -0.15) is 0 Å². The number of fused-ring (bicyclic) bond motifs is 1. The summed E-state index contributed by atoms with van der Waals surface area (Å²) < 4.78 is 5.34.